The van der Waals surface area contributed by atoms with Crippen LogP contribution in [0.4, 0.5) is 13.2 Å². The predicted octanol–water partition coefficient (Wildman–Crippen LogP) is 4.20. The maximum Gasteiger partial charge on any atom is 0.573 e. The Morgan fingerprint density at radius 3 is 2.50 bits per heavy atom. The summed E-state index contributed by atoms with van der Waals surface area (Å²) in [7, 11) is 0. The van der Waals surface area contributed by atoms with E-state index in [1.807, 2.05) is 0 Å². The van der Waals surface area contributed by atoms with Crippen LogP contribution in [0.3, 0.4) is 0 Å². The zero-order valence-electron chi connectivity index (χ0n) is 9.57. The molecule has 0 bridgehead atoms. The normalized spacial score (nSPS) is 11.4. The molecule has 0 fully saturated rings. The van der Waals surface area contributed by atoms with Crippen LogP contribution in [0, 0.1) is 0 Å². The summed E-state index contributed by atoms with van der Waals surface area (Å²) in [4.78, 5) is 10.7. The maximum absolute atomic E-state index is 12.2. The van der Waals surface area contributed by atoms with Crippen molar-refractivity contribution in [3.8, 4) is 17.1 Å². The lowest BCUT2D eigenvalue weighted by molar-refractivity contribution is -0.274. The van der Waals surface area contributed by atoms with E-state index in [0.29, 0.717) is 0 Å². The Labute approximate surface area is 115 Å². The fourth-order valence-electron chi connectivity index (χ4n) is 1.47. The zero-order chi connectivity index (χ0) is 14.9. The van der Waals surface area contributed by atoms with E-state index in [-0.39, 0.29) is 22.1 Å². The van der Waals surface area contributed by atoms with Crippen molar-refractivity contribution in [3.63, 3.8) is 0 Å². The van der Waals surface area contributed by atoms with Gasteiger partial charge in [-0.05, 0) is 30.3 Å². The number of aromatic carboxylic acids is 1. The van der Waals surface area contributed by atoms with E-state index in [2.05, 4.69) is 4.74 Å². The van der Waals surface area contributed by atoms with E-state index in [1.54, 1.807) is 0 Å². The number of benzene rings is 1. The van der Waals surface area contributed by atoms with Crippen LogP contribution >= 0.6 is 11.6 Å². The van der Waals surface area contributed by atoms with Crippen LogP contribution < -0.4 is 4.74 Å². The van der Waals surface area contributed by atoms with Gasteiger partial charge in [0.15, 0.2) is 0 Å². The monoisotopic (exact) mass is 306 g/mol. The van der Waals surface area contributed by atoms with Gasteiger partial charge in [0.1, 0.15) is 11.5 Å². The summed E-state index contributed by atoms with van der Waals surface area (Å²) >= 11 is 5.60. The van der Waals surface area contributed by atoms with Crippen LogP contribution in [-0.4, -0.2) is 17.4 Å². The summed E-state index contributed by atoms with van der Waals surface area (Å²) < 4.78 is 45.3. The highest BCUT2D eigenvalue weighted by Gasteiger charge is 2.32. The molecule has 0 spiro atoms. The average Bonchev–Trinajstić information content (AvgIpc) is 2.79. The second-order valence-electron chi connectivity index (χ2n) is 3.66. The van der Waals surface area contributed by atoms with Gasteiger partial charge in [-0.25, -0.2) is 4.79 Å². The van der Waals surface area contributed by atoms with Crippen molar-refractivity contribution < 1.29 is 32.2 Å². The van der Waals surface area contributed by atoms with Gasteiger partial charge < -0.3 is 14.3 Å². The topological polar surface area (TPSA) is 59.7 Å². The molecule has 2 rings (SSSR count). The van der Waals surface area contributed by atoms with Crippen molar-refractivity contribution in [1.82, 2.24) is 0 Å². The second kappa shape index (κ2) is 5.09. The molecule has 0 saturated carbocycles. The number of hydrogen-bond donors (Lipinski definition) is 1. The molecule has 0 radical (unpaired) electrons. The molecule has 20 heavy (non-hydrogen) atoms. The molecule has 0 aliphatic carbocycles. The minimum atomic E-state index is -4.88. The fourth-order valence-corrected chi connectivity index (χ4v) is 1.62. The molecule has 0 atom stereocenters. The van der Waals surface area contributed by atoms with E-state index in [1.165, 1.54) is 24.3 Å². The molecule has 1 heterocycles. The number of alkyl halides is 3. The zero-order valence-corrected chi connectivity index (χ0v) is 10.3. The number of carboxylic acids is 1. The van der Waals surface area contributed by atoms with Crippen molar-refractivity contribution in [2.45, 2.75) is 6.36 Å². The number of carbonyl (C=O) groups is 1. The first kappa shape index (κ1) is 14.3. The Kier molecular flexibility index (Phi) is 3.63. The molecule has 0 aliphatic rings. The Bertz CT molecular complexity index is 648. The van der Waals surface area contributed by atoms with E-state index in [4.69, 9.17) is 21.1 Å². The Morgan fingerprint density at radius 2 is 1.95 bits per heavy atom. The van der Waals surface area contributed by atoms with Gasteiger partial charge in [0.2, 0.25) is 5.76 Å². The lowest BCUT2D eigenvalue weighted by Gasteiger charge is -2.11. The van der Waals surface area contributed by atoms with Crippen LogP contribution in [0.5, 0.6) is 5.75 Å². The lowest BCUT2D eigenvalue weighted by Crippen LogP contribution is -2.17. The van der Waals surface area contributed by atoms with Crippen molar-refractivity contribution in [3.05, 3.63) is 41.1 Å². The summed E-state index contributed by atoms with van der Waals surface area (Å²) in [6, 6.07) is 6.11. The van der Waals surface area contributed by atoms with Crippen molar-refractivity contribution >= 4 is 17.6 Å². The lowest BCUT2D eigenvalue weighted by atomic mass is 10.1. The molecule has 0 aliphatic heterocycles. The number of rotatable bonds is 3. The third kappa shape index (κ3) is 3.24. The van der Waals surface area contributed by atoms with Gasteiger partial charge in [0.05, 0.1) is 5.02 Å². The van der Waals surface area contributed by atoms with Gasteiger partial charge in [-0.1, -0.05) is 11.6 Å². The van der Waals surface area contributed by atoms with Gasteiger partial charge >= 0.3 is 12.3 Å². The van der Waals surface area contributed by atoms with Crippen molar-refractivity contribution in [2.24, 2.45) is 0 Å². The number of halogens is 4. The van der Waals surface area contributed by atoms with Crippen LogP contribution in [0.2, 0.25) is 5.02 Å². The predicted molar refractivity (Wildman–Crippen MR) is 62.8 cm³/mol. The quantitative estimate of drug-likeness (QED) is 0.923. The first-order valence-corrected chi connectivity index (χ1v) is 5.53. The number of ether oxygens (including phenoxy) is 1. The standard InChI is InChI=1S/C12H6ClF3O4/c13-7-2-1-6(5-10(7)20-12(14,15)16)8-3-4-9(19-8)11(17)18/h1-5H,(H,17,18). The van der Waals surface area contributed by atoms with E-state index in [9.17, 15) is 18.0 Å². The highest BCUT2D eigenvalue weighted by molar-refractivity contribution is 6.32. The fraction of sp³-hybridized carbons (Fsp3) is 0.0833. The molecule has 0 saturated heterocycles. The smallest absolute Gasteiger partial charge is 0.475 e. The summed E-state index contributed by atoms with van der Waals surface area (Å²) in [6.07, 6.45) is -4.88. The van der Waals surface area contributed by atoms with Gasteiger partial charge in [0.25, 0.3) is 0 Å². The minimum Gasteiger partial charge on any atom is -0.475 e. The highest BCUT2D eigenvalue weighted by atomic mass is 35.5. The molecule has 2 aromatic rings. The maximum atomic E-state index is 12.2. The van der Waals surface area contributed by atoms with Crippen molar-refractivity contribution in [1.29, 1.82) is 0 Å². The molecule has 4 nitrogen and oxygen atoms in total. The third-order valence-corrected chi connectivity index (χ3v) is 2.57. The average molecular weight is 307 g/mol. The molecule has 8 heteroatoms. The minimum absolute atomic E-state index is 0.0890. The Hall–Kier alpha value is -2.15. The Morgan fingerprint density at radius 1 is 1.25 bits per heavy atom. The first-order valence-electron chi connectivity index (χ1n) is 5.15. The third-order valence-electron chi connectivity index (χ3n) is 2.26. The van der Waals surface area contributed by atoms with E-state index >= 15 is 0 Å². The van der Waals surface area contributed by atoms with Crippen LogP contribution in [0.15, 0.2) is 34.7 Å². The Balaban J connectivity index is 2.37. The number of carboxylic acid groups (broad SMARTS) is 1. The highest BCUT2D eigenvalue weighted by Crippen LogP contribution is 2.34. The molecule has 1 N–H and O–H groups in total. The molecule has 0 amide bonds. The molecule has 0 unspecified atom stereocenters. The largest absolute Gasteiger partial charge is 0.573 e. The summed E-state index contributed by atoms with van der Waals surface area (Å²) in [6.45, 7) is 0. The SMILES string of the molecule is O=C(O)c1ccc(-c2ccc(Cl)c(OC(F)(F)F)c2)o1. The van der Waals surface area contributed by atoms with E-state index < -0.39 is 18.1 Å². The van der Waals surface area contributed by atoms with Gasteiger partial charge in [-0.2, -0.15) is 0 Å². The summed E-state index contributed by atoms with van der Waals surface area (Å²) in [5, 5.41) is 8.48. The number of hydrogen-bond acceptors (Lipinski definition) is 3. The number of furan rings is 1. The van der Waals surface area contributed by atoms with Crippen LogP contribution in [0.1, 0.15) is 10.6 Å². The summed E-state index contributed by atoms with van der Waals surface area (Å²) in [5.74, 6) is -2.11. The van der Waals surface area contributed by atoms with E-state index in [0.717, 1.165) is 6.07 Å². The van der Waals surface area contributed by atoms with Crippen LogP contribution in [-0.2, 0) is 0 Å². The molecular formula is C12H6ClF3O4. The molecular weight excluding hydrogens is 301 g/mol. The molecule has 106 valence electrons. The van der Waals surface area contributed by atoms with Crippen molar-refractivity contribution in [2.75, 3.05) is 0 Å². The summed E-state index contributed by atoms with van der Waals surface area (Å²) in [5.41, 5.74) is 0.209. The van der Waals surface area contributed by atoms with Gasteiger partial charge in [0, 0.05) is 5.56 Å². The second-order valence-corrected chi connectivity index (χ2v) is 4.07. The molecule has 1 aromatic heterocycles. The van der Waals surface area contributed by atoms with Crippen LogP contribution in [0.25, 0.3) is 11.3 Å². The van der Waals surface area contributed by atoms with Gasteiger partial charge in [-0.3, -0.25) is 0 Å². The van der Waals surface area contributed by atoms with Gasteiger partial charge in [-0.15, -0.1) is 13.2 Å². The molecule has 1 aromatic carbocycles. The first-order chi connectivity index (χ1) is 9.26.